The van der Waals surface area contributed by atoms with Crippen molar-refractivity contribution in [3.05, 3.63) is 0 Å². The normalized spacial score (nSPS) is 10.3. The van der Waals surface area contributed by atoms with Gasteiger partial charge in [-0.25, -0.2) is 8.78 Å². The summed E-state index contributed by atoms with van der Waals surface area (Å²) < 4.78 is 23.5. The Morgan fingerprint density at radius 3 is 2.45 bits per heavy atom. The number of hydrogen-bond donors (Lipinski definition) is 0. The van der Waals surface area contributed by atoms with E-state index in [4.69, 9.17) is 0 Å². The molecule has 0 bridgehead atoms. The molecule has 0 aromatic rings. The number of carbonyl (C=O) groups is 1. The standard InChI is InChI=1S/C6H10BrF2NO/c1-5(11)10(3-2-7)4-6(8)9/h6H,2-4H2,1H3. The van der Waals surface area contributed by atoms with E-state index in [1.807, 2.05) is 0 Å². The van der Waals surface area contributed by atoms with Crippen LogP contribution in [0.1, 0.15) is 6.92 Å². The molecule has 0 N–H and O–H groups in total. The lowest BCUT2D eigenvalue weighted by Gasteiger charge is -2.18. The van der Waals surface area contributed by atoms with Crippen molar-refractivity contribution in [2.75, 3.05) is 18.4 Å². The molecule has 0 aromatic carbocycles. The van der Waals surface area contributed by atoms with E-state index in [-0.39, 0.29) is 5.91 Å². The lowest BCUT2D eigenvalue weighted by molar-refractivity contribution is -0.130. The SMILES string of the molecule is CC(=O)N(CCBr)CC(F)F. The van der Waals surface area contributed by atoms with Gasteiger partial charge in [-0.3, -0.25) is 4.79 Å². The van der Waals surface area contributed by atoms with Crippen LogP contribution in [0.2, 0.25) is 0 Å². The summed E-state index contributed by atoms with van der Waals surface area (Å²) in [6, 6.07) is 0. The zero-order valence-electron chi connectivity index (χ0n) is 6.19. The third-order valence-electron chi connectivity index (χ3n) is 1.16. The van der Waals surface area contributed by atoms with Gasteiger partial charge in [-0.2, -0.15) is 0 Å². The fraction of sp³-hybridized carbons (Fsp3) is 0.833. The zero-order valence-corrected chi connectivity index (χ0v) is 7.77. The van der Waals surface area contributed by atoms with Crippen LogP contribution in [0.5, 0.6) is 0 Å². The van der Waals surface area contributed by atoms with E-state index in [1.54, 1.807) is 0 Å². The van der Waals surface area contributed by atoms with Gasteiger partial charge in [0.15, 0.2) is 0 Å². The molecule has 66 valence electrons. The molecule has 0 fully saturated rings. The highest BCUT2D eigenvalue weighted by Gasteiger charge is 2.13. The van der Waals surface area contributed by atoms with Gasteiger partial charge in [-0.15, -0.1) is 0 Å². The summed E-state index contributed by atoms with van der Waals surface area (Å²) >= 11 is 3.07. The summed E-state index contributed by atoms with van der Waals surface area (Å²) in [5.41, 5.74) is 0. The Hall–Kier alpha value is -0.190. The lowest BCUT2D eigenvalue weighted by atomic mass is 10.5. The first-order valence-electron chi connectivity index (χ1n) is 3.17. The number of rotatable bonds is 4. The highest BCUT2D eigenvalue weighted by Crippen LogP contribution is 1.99. The molecular formula is C6H10BrF2NO. The van der Waals surface area contributed by atoms with Crippen molar-refractivity contribution in [2.45, 2.75) is 13.3 Å². The maximum atomic E-state index is 11.8. The van der Waals surface area contributed by atoms with E-state index in [0.29, 0.717) is 11.9 Å². The first-order chi connectivity index (χ1) is 5.07. The van der Waals surface area contributed by atoms with Gasteiger partial charge in [-0.1, -0.05) is 15.9 Å². The minimum absolute atomic E-state index is 0.315. The number of amides is 1. The van der Waals surface area contributed by atoms with Gasteiger partial charge < -0.3 is 4.90 Å². The molecular weight excluding hydrogens is 220 g/mol. The number of nitrogens with zero attached hydrogens (tertiary/aromatic N) is 1. The molecule has 0 saturated heterocycles. The minimum atomic E-state index is -2.45. The smallest absolute Gasteiger partial charge is 0.255 e. The maximum absolute atomic E-state index is 11.8. The Bertz CT molecular complexity index is 132. The fourth-order valence-corrected chi connectivity index (χ4v) is 1.07. The molecule has 0 aromatic heterocycles. The Labute approximate surface area is 72.7 Å². The molecule has 0 spiro atoms. The molecule has 0 atom stereocenters. The van der Waals surface area contributed by atoms with Crippen molar-refractivity contribution < 1.29 is 13.6 Å². The average Bonchev–Trinajstić information content (AvgIpc) is 1.86. The monoisotopic (exact) mass is 229 g/mol. The Balaban J connectivity index is 3.79. The quantitative estimate of drug-likeness (QED) is 0.670. The Morgan fingerprint density at radius 2 is 2.18 bits per heavy atom. The van der Waals surface area contributed by atoms with Crippen LogP contribution < -0.4 is 0 Å². The lowest BCUT2D eigenvalue weighted by Crippen LogP contribution is -2.34. The van der Waals surface area contributed by atoms with Gasteiger partial charge in [-0.05, 0) is 0 Å². The molecule has 0 aliphatic heterocycles. The van der Waals surface area contributed by atoms with E-state index in [1.165, 1.54) is 6.92 Å². The molecule has 0 radical (unpaired) electrons. The second-order valence-corrected chi connectivity index (χ2v) is 2.84. The molecule has 1 amide bonds. The predicted octanol–water partition coefficient (Wildman–Crippen LogP) is 1.49. The molecule has 0 unspecified atom stereocenters. The summed E-state index contributed by atoms with van der Waals surface area (Å²) in [5, 5.41) is 0.527. The van der Waals surface area contributed by atoms with E-state index in [9.17, 15) is 13.6 Å². The Kier molecular flexibility index (Phi) is 5.36. The van der Waals surface area contributed by atoms with E-state index in [2.05, 4.69) is 15.9 Å². The van der Waals surface area contributed by atoms with Crippen molar-refractivity contribution >= 4 is 21.8 Å². The molecule has 2 nitrogen and oxygen atoms in total. The Morgan fingerprint density at radius 1 is 1.64 bits per heavy atom. The fourth-order valence-electron chi connectivity index (χ4n) is 0.646. The summed E-state index contributed by atoms with van der Waals surface area (Å²) in [6.45, 7) is 1.14. The summed E-state index contributed by atoms with van der Waals surface area (Å²) in [7, 11) is 0. The van der Waals surface area contributed by atoms with Crippen molar-refractivity contribution in [2.24, 2.45) is 0 Å². The zero-order chi connectivity index (χ0) is 8.85. The van der Waals surface area contributed by atoms with Gasteiger partial charge in [0, 0.05) is 18.8 Å². The second-order valence-electron chi connectivity index (χ2n) is 2.05. The van der Waals surface area contributed by atoms with Gasteiger partial charge >= 0.3 is 0 Å². The third-order valence-corrected chi connectivity index (χ3v) is 1.51. The van der Waals surface area contributed by atoms with Gasteiger partial charge in [0.25, 0.3) is 6.43 Å². The van der Waals surface area contributed by atoms with E-state index in [0.717, 1.165) is 4.90 Å². The van der Waals surface area contributed by atoms with Crippen LogP contribution in [0.25, 0.3) is 0 Å². The number of halogens is 3. The van der Waals surface area contributed by atoms with Crippen LogP contribution in [0.4, 0.5) is 8.78 Å². The molecule has 0 heterocycles. The van der Waals surface area contributed by atoms with E-state index >= 15 is 0 Å². The minimum Gasteiger partial charge on any atom is -0.336 e. The maximum Gasteiger partial charge on any atom is 0.255 e. The first-order valence-corrected chi connectivity index (χ1v) is 4.29. The van der Waals surface area contributed by atoms with Gasteiger partial charge in [0.05, 0.1) is 6.54 Å². The molecule has 5 heteroatoms. The van der Waals surface area contributed by atoms with Gasteiger partial charge in [0.1, 0.15) is 0 Å². The molecule has 0 saturated carbocycles. The van der Waals surface area contributed by atoms with Crippen LogP contribution in [0.3, 0.4) is 0 Å². The summed E-state index contributed by atoms with van der Waals surface area (Å²) in [6.07, 6.45) is -2.45. The molecule has 11 heavy (non-hydrogen) atoms. The van der Waals surface area contributed by atoms with Crippen molar-refractivity contribution in [3.8, 4) is 0 Å². The predicted molar refractivity (Wildman–Crippen MR) is 42.1 cm³/mol. The number of alkyl halides is 3. The molecule has 0 rings (SSSR count). The van der Waals surface area contributed by atoms with Crippen LogP contribution >= 0.6 is 15.9 Å². The average molecular weight is 230 g/mol. The largest absolute Gasteiger partial charge is 0.336 e. The molecule has 0 aliphatic rings. The van der Waals surface area contributed by atoms with Crippen molar-refractivity contribution in [1.82, 2.24) is 4.90 Å². The highest BCUT2D eigenvalue weighted by atomic mass is 79.9. The van der Waals surface area contributed by atoms with Crippen LogP contribution in [-0.2, 0) is 4.79 Å². The summed E-state index contributed by atoms with van der Waals surface area (Å²) in [5.74, 6) is -0.315. The van der Waals surface area contributed by atoms with Crippen LogP contribution in [0.15, 0.2) is 0 Å². The first kappa shape index (κ1) is 10.8. The number of hydrogen-bond acceptors (Lipinski definition) is 1. The topological polar surface area (TPSA) is 20.3 Å². The van der Waals surface area contributed by atoms with Crippen LogP contribution in [-0.4, -0.2) is 35.7 Å². The number of carbonyl (C=O) groups excluding carboxylic acids is 1. The van der Waals surface area contributed by atoms with Crippen molar-refractivity contribution in [3.63, 3.8) is 0 Å². The van der Waals surface area contributed by atoms with Crippen LogP contribution in [0, 0.1) is 0 Å². The molecule has 0 aliphatic carbocycles. The van der Waals surface area contributed by atoms with E-state index < -0.39 is 13.0 Å². The summed E-state index contributed by atoms with van der Waals surface area (Å²) in [4.78, 5) is 11.8. The van der Waals surface area contributed by atoms with Crippen molar-refractivity contribution in [1.29, 1.82) is 0 Å². The second kappa shape index (κ2) is 5.46. The van der Waals surface area contributed by atoms with Gasteiger partial charge in [0.2, 0.25) is 5.91 Å². The highest BCUT2D eigenvalue weighted by molar-refractivity contribution is 9.09. The third kappa shape index (κ3) is 5.12.